The molecule has 0 aromatic heterocycles. The van der Waals surface area contributed by atoms with E-state index >= 15 is 0 Å². The van der Waals surface area contributed by atoms with Crippen LogP contribution in [0.1, 0.15) is 64.2 Å². The number of alkyl halides is 2. The minimum atomic E-state index is -0.507. The van der Waals surface area contributed by atoms with E-state index < -0.39 is 6.10 Å². The third-order valence-corrected chi connectivity index (χ3v) is 4.00. The molecule has 5 heteroatoms. The quantitative estimate of drug-likeness (QED) is 0.284. The van der Waals surface area contributed by atoms with Crippen molar-refractivity contribution in [3.05, 3.63) is 0 Å². The molecule has 0 amide bonds. The third kappa shape index (κ3) is 18.5. The monoisotopic (exact) mass is 356 g/mol. The third-order valence-electron chi connectivity index (χ3n) is 3.47. The van der Waals surface area contributed by atoms with E-state index in [0.717, 1.165) is 50.7 Å². The molecule has 0 spiro atoms. The van der Waals surface area contributed by atoms with Gasteiger partial charge in [-0.05, 0) is 25.7 Å². The van der Waals surface area contributed by atoms with Crippen LogP contribution in [0, 0.1) is 0 Å². The van der Waals surface area contributed by atoms with E-state index in [1.54, 1.807) is 0 Å². The summed E-state index contributed by atoms with van der Waals surface area (Å²) in [6.45, 7) is 2.19. The summed E-state index contributed by atoms with van der Waals surface area (Å²) in [5.41, 5.74) is 0. The Balaban J connectivity index is 3.11. The van der Waals surface area contributed by atoms with Crippen molar-refractivity contribution < 1.29 is 14.6 Å². The fourth-order valence-electron chi connectivity index (χ4n) is 2.14. The van der Waals surface area contributed by atoms with Gasteiger partial charge in [-0.3, -0.25) is 0 Å². The van der Waals surface area contributed by atoms with Crippen LogP contribution in [0.25, 0.3) is 0 Å². The average molecular weight is 357 g/mol. The van der Waals surface area contributed by atoms with Crippen molar-refractivity contribution in [1.29, 1.82) is 0 Å². The Morgan fingerprint density at radius 3 is 1.36 bits per heavy atom. The Hall–Kier alpha value is 0.460. The maximum atomic E-state index is 9.72. The highest BCUT2D eigenvalue weighted by molar-refractivity contribution is 6.18. The minimum absolute atomic E-state index is 0.372. The molecule has 0 saturated heterocycles. The van der Waals surface area contributed by atoms with Crippen LogP contribution >= 0.6 is 23.2 Å². The summed E-state index contributed by atoms with van der Waals surface area (Å²) in [6.07, 6.45) is 11.0. The highest BCUT2D eigenvalue weighted by Crippen LogP contribution is 2.05. The molecule has 0 fully saturated rings. The number of aliphatic hydroxyl groups is 1. The van der Waals surface area contributed by atoms with Crippen LogP contribution in [0.4, 0.5) is 0 Å². The fourth-order valence-corrected chi connectivity index (χ4v) is 2.52. The van der Waals surface area contributed by atoms with Gasteiger partial charge in [-0.25, -0.2) is 0 Å². The lowest BCUT2D eigenvalue weighted by atomic mass is 10.2. The standard InChI is InChI=1S/C17H34Cl2O3/c18-11-7-3-1-5-9-13-21-15-17(20)16-22-14-10-6-2-4-8-12-19/h17,20H,1-16H2. The van der Waals surface area contributed by atoms with Crippen molar-refractivity contribution in [2.24, 2.45) is 0 Å². The predicted molar refractivity (Wildman–Crippen MR) is 95.3 cm³/mol. The molecule has 22 heavy (non-hydrogen) atoms. The van der Waals surface area contributed by atoms with Crippen LogP contribution in [0.3, 0.4) is 0 Å². The molecule has 0 aliphatic rings. The van der Waals surface area contributed by atoms with E-state index in [2.05, 4.69) is 0 Å². The van der Waals surface area contributed by atoms with Crippen molar-refractivity contribution in [2.45, 2.75) is 70.3 Å². The Kier molecular flexibility index (Phi) is 19.9. The van der Waals surface area contributed by atoms with E-state index in [4.69, 9.17) is 32.7 Å². The van der Waals surface area contributed by atoms with Crippen LogP contribution in [-0.4, -0.2) is 49.4 Å². The summed E-state index contributed by atoms with van der Waals surface area (Å²) in [5, 5.41) is 9.72. The SMILES string of the molecule is OC(COCCCCCCCCl)COCCCCCCCCl. The van der Waals surface area contributed by atoms with Crippen molar-refractivity contribution in [1.82, 2.24) is 0 Å². The highest BCUT2D eigenvalue weighted by Gasteiger charge is 2.04. The molecule has 0 aliphatic heterocycles. The van der Waals surface area contributed by atoms with Crippen molar-refractivity contribution in [3.63, 3.8) is 0 Å². The number of aliphatic hydroxyl groups excluding tert-OH is 1. The normalized spacial score (nSPS) is 11.5. The minimum Gasteiger partial charge on any atom is -0.388 e. The summed E-state index contributed by atoms with van der Waals surface area (Å²) < 4.78 is 10.9. The molecule has 1 N–H and O–H groups in total. The number of halogens is 2. The molecule has 0 bridgehead atoms. The van der Waals surface area contributed by atoms with Crippen molar-refractivity contribution >= 4 is 23.2 Å². The van der Waals surface area contributed by atoms with E-state index in [9.17, 15) is 5.11 Å². The van der Waals surface area contributed by atoms with Gasteiger partial charge in [0.05, 0.1) is 13.2 Å². The van der Waals surface area contributed by atoms with Gasteiger partial charge in [0.1, 0.15) is 6.10 Å². The molecule has 0 radical (unpaired) electrons. The molecule has 0 atom stereocenters. The van der Waals surface area contributed by atoms with Gasteiger partial charge in [-0.2, -0.15) is 0 Å². The molecule has 0 unspecified atom stereocenters. The van der Waals surface area contributed by atoms with Gasteiger partial charge in [0.2, 0.25) is 0 Å². The molecule has 0 aromatic carbocycles. The first-order valence-corrected chi connectivity index (χ1v) is 9.83. The van der Waals surface area contributed by atoms with Crippen LogP contribution in [0.5, 0.6) is 0 Å². The number of hydrogen-bond acceptors (Lipinski definition) is 3. The van der Waals surface area contributed by atoms with Gasteiger partial charge < -0.3 is 14.6 Å². The summed E-state index contributed by atoms with van der Waals surface area (Å²) in [7, 11) is 0. The molecular weight excluding hydrogens is 323 g/mol. The Morgan fingerprint density at radius 2 is 0.955 bits per heavy atom. The van der Waals surface area contributed by atoms with Crippen LogP contribution < -0.4 is 0 Å². The van der Waals surface area contributed by atoms with E-state index in [-0.39, 0.29) is 0 Å². The zero-order valence-corrected chi connectivity index (χ0v) is 15.4. The van der Waals surface area contributed by atoms with Crippen molar-refractivity contribution in [2.75, 3.05) is 38.2 Å². The van der Waals surface area contributed by atoms with Gasteiger partial charge in [-0.15, -0.1) is 23.2 Å². The van der Waals surface area contributed by atoms with Gasteiger partial charge in [0.15, 0.2) is 0 Å². The summed E-state index contributed by atoms with van der Waals surface area (Å²) in [6, 6.07) is 0. The lowest BCUT2D eigenvalue weighted by Crippen LogP contribution is -2.22. The first kappa shape index (κ1) is 22.5. The number of unbranched alkanes of at least 4 members (excludes halogenated alkanes) is 8. The first-order valence-electron chi connectivity index (χ1n) is 8.76. The first-order chi connectivity index (χ1) is 10.8. The molecule has 0 aliphatic carbocycles. The zero-order chi connectivity index (χ0) is 16.3. The smallest absolute Gasteiger partial charge is 0.101 e. The number of hydrogen-bond donors (Lipinski definition) is 1. The molecule has 0 heterocycles. The Morgan fingerprint density at radius 1 is 0.591 bits per heavy atom. The van der Waals surface area contributed by atoms with Gasteiger partial charge in [0, 0.05) is 25.0 Å². The molecule has 134 valence electrons. The summed E-state index contributed by atoms with van der Waals surface area (Å²) >= 11 is 11.2. The van der Waals surface area contributed by atoms with E-state index in [1.165, 1.54) is 38.5 Å². The van der Waals surface area contributed by atoms with Gasteiger partial charge >= 0.3 is 0 Å². The second-order valence-electron chi connectivity index (χ2n) is 5.72. The van der Waals surface area contributed by atoms with Gasteiger partial charge in [0.25, 0.3) is 0 Å². The average Bonchev–Trinajstić information content (AvgIpc) is 2.52. The Labute approximate surface area is 146 Å². The largest absolute Gasteiger partial charge is 0.388 e. The lowest BCUT2D eigenvalue weighted by molar-refractivity contribution is -0.0201. The molecule has 3 nitrogen and oxygen atoms in total. The number of rotatable bonds is 18. The second kappa shape index (κ2) is 19.5. The number of ether oxygens (including phenoxy) is 2. The molecular formula is C17H34Cl2O3. The maximum Gasteiger partial charge on any atom is 0.101 e. The maximum absolute atomic E-state index is 9.72. The topological polar surface area (TPSA) is 38.7 Å². The van der Waals surface area contributed by atoms with Crippen LogP contribution in [-0.2, 0) is 9.47 Å². The highest BCUT2D eigenvalue weighted by atomic mass is 35.5. The van der Waals surface area contributed by atoms with E-state index in [0.29, 0.717) is 13.2 Å². The van der Waals surface area contributed by atoms with Gasteiger partial charge in [-0.1, -0.05) is 38.5 Å². The molecule has 0 saturated carbocycles. The molecule has 0 rings (SSSR count). The zero-order valence-electron chi connectivity index (χ0n) is 13.9. The molecule has 0 aromatic rings. The second-order valence-corrected chi connectivity index (χ2v) is 6.47. The Bertz CT molecular complexity index is 186. The summed E-state index contributed by atoms with van der Waals surface area (Å²) in [4.78, 5) is 0. The lowest BCUT2D eigenvalue weighted by Gasteiger charge is -2.12. The fraction of sp³-hybridized carbons (Fsp3) is 1.00. The van der Waals surface area contributed by atoms with Crippen LogP contribution in [0.15, 0.2) is 0 Å². The van der Waals surface area contributed by atoms with Crippen molar-refractivity contribution in [3.8, 4) is 0 Å². The predicted octanol–water partition coefficient (Wildman–Crippen LogP) is 4.76. The van der Waals surface area contributed by atoms with E-state index in [1.807, 2.05) is 0 Å². The summed E-state index contributed by atoms with van der Waals surface area (Å²) in [5.74, 6) is 1.52. The van der Waals surface area contributed by atoms with Crippen LogP contribution in [0.2, 0.25) is 0 Å².